The summed E-state index contributed by atoms with van der Waals surface area (Å²) in [6.07, 6.45) is 1.56. The molecule has 0 radical (unpaired) electrons. The van der Waals surface area contributed by atoms with Crippen molar-refractivity contribution in [2.45, 2.75) is 26.8 Å². The zero-order valence-corrected chi connectivity index (χ0v) is 10.4. The lowest BCUT2D eigenvalue weighted by molar-refractivity contribution is -0.119. The van der Waals surface area contributed by atoms with E-state index in [9.17, 15) is 4.79 Å². The molecule has 88 valence electrons. The minimum absolute atomic E-state index is 0.284. The Morgan fingerprint density at radius 3 is 2.69 bits per heavy atom. The maximum absolute atomic E-state index is 11.8. The molecule has 16 heavy (non-hydrogen) atoms. The van der Waals surface area contributed by atoms with Crippen molar-refractivity contribution in [2.75, 3.05) is 5.32 Å². The van der Waals surface area contributed by atoms with Crippen molar-refractivity contribution in [3.8, 4) is 0 Å². The highest BCUT2D eigenvalue weighted by molar-refractivity contribution is 6.33. The number of aromatic nitrogens is 1. The SMILES string of the molecule is CC(C)(C)C(N)C(=O)Nc1ncccc1Cl. The summed E-state index contributed by atoms with van der Waals surface area (Å²) in [5.74, 6) is 0.0574. The predicted octanol–water partition coefficient (Wildman–Crippen LogP) is 2.05. The number of amides is 1. The van der Waals surface area contributed by atoms with Crippen LogP contribution >= 0.6 is 11.6 Å². The van der Waals surface area contributed by atoms with Gasteiger partial charge in [-0.25, -0.2) is 4.98 Å². The van der Waals surface area contributed by atoms with Crippen LogP contribution in [0.3, 0.4) is 0 Å². The van der Waals surface area contributed by atoms with E-state index in [4.69, 9.17) is 17.3 Å². The Bertz CT molecular complexity index is 387. The van der Waals surface area contributed by atoms with Gasteiger partial charge in [0.25, 0.3) is 0 Å². The number of halogens is 1. The first-order valence-electron chi connectivity index (χ1n) is 4.99. The molecule has 1 heterocycles. The van der Waals surface area contributed by atoms with Gasteiger partial charge in [-0.05, 0) is 17.5 Å². The van der Waals surface area contributed by atoms with Gasteiger partial charge in [0, 0.05) is 6.20 Å². The summed E-state index contributed by atoms with van der Waals surface area (Å²) < 4.78 is 0. The first-order valence-corrected chi connectivity index (χ1v) is 5.37. The number of hydrogen-bond acceptors (Lipinski definition) is 3. The topological polar surface area (TPSA) is 68.0 Å². The van der Waals surface area contributed by atoms with Gasteiger partial charge in [0.1, 0.15) is 0 Å². The van der Waals surface area contributed by atoms with Crippen molar-refractivity contribution in [3.05, 3.63) is 23.4 Å². The van der Waals surface area contributed by atoms with Crippen molar-refractivity contribution < 1.29 is 4.79 Å². The maximum Gasteiger partial charge on any atom is 0.243 e. The molecule has 0 aromatic carbocycles. The predicted molar refractivity (Wildman–Crippen MR) is 65.3 cm³/mol. The third-order valence-electron chi connectivity index (χ3n) is 2.22. The molecule has 0 saturated carbocycles. The van der Waals surface area contributed by atoms with E-state index in [1.165, 1.54) is 0 Å². The molecule has 1 amide bonds. The highest BCUT2D eigenvalue weighted by atomic mass is 35.5. The lowest BCUT2D eigenvalue weighted by Crippen LogP contribution is -2.45. The molecule has 0 aliphatic rings. The molecule has 1 aromatic rings. The molecule has 1 atom stereocenters. The van der Waals surface area contributed by atoms with E-state index in [0.29, 0.717) is 10.8 Å². The van der Waals surface area contributed by atoms with E-state index in [1.54, 1.807) is 18.3 Å². The summed E-state index contributed by atoms with van der Waals surface area (Å²) in [7, 11) is 0. The smallest absolute Gasteiger partial charge is 0.243 e. The molecule has 1 aromatic heterocycles. The van der Waals surface area contributed by atoms with Gasteiger partial charge in [-0.3, -0.25) is 4.79 Å². The van der Waals surface area contributed by atoms with Crippen LogP contribution in [-0.4, -0.2) is 16.9 Å². The Morgan fingerprint density at radius 1 is 1.56 bits per heavy atom. The average molecular weight is 242 g/mol. The molecule has 4 nitrogen and oxygen atoms in total. The molecule has 0 saturated heterocycles. The average Bonchev–Trinajstić information content (AvgIpc) is 2.19. The molecule has 1 unspecified atom stereocenters. The monoisotopic (exact) mass is 241 g/mol. The molecule has 0 aliphatic carbocycles. The van der Waals surface area contributed by atoms with Crippen LogP contribution in [0, 0.1) is 5.41 Å². The second-order valence-electron chi connectivity index (χ2n) is 4.67. The van der Waals surface area contributed by atoms with Crippen molar-refractivity contribution in [1.82, 2.24) is 4.98 Å². The zero-order chi connectivity index (χ0) is 12.3. The van der Waals surface area contributed by atoms with Gasteiger partial charge in [0.2, 0.25) is 5.91 Å². The van der Waals surface area contributed by atoms with E-state index in [-0.39, 0.29) is 11.3 Å². The van der Waals surface area contributed by atoms with Crippen LogP contribution in [0.5, 0.6) is 0 Å². The minimum atomic E-state index is -0.606. The van der Waals surface area contributed by atoms with Crippen molar-refractivity contribution in [1.29, 1.82) is 0 Å². The summed E-state index contributed by atoms with van der Waals surface area (Å²) in [6.45, 7) is 5.70. The lowest BCUT2D eigenvalue weighted by Gasteiger charge is -2.25. The minimum Gasteiger partial charge on any atom is -0.319 e. The number of nitrogens with zero attached hydrogens (tertiary/aromatic N) is 1. The van der Waals surface area contributed by atoms with E-state index in [1.807, 2.05) is 20.8 Å². The normalized spacial score (nSPS) is 13.3. The van der Waals surface area contributed by atoms with E-state index in [2.05, 4.69) is 10.3 Å². The summed E-state index contributed by atoms with van der Waals surface area (Å²) in [5.41, 5.74) is 5.51. The van der Waals surface area contributed by atoms with Crippen LogP contribution in [0.2, 0.25) is 5.02 Å². The fourth-order valence-electron chi connectivity index (χ4n) is 1.07. The third kappa shape index (κ3) is 3.18. The van der Waals surface area contributed by atoms with Gasteiger partial charge in [-0.2, -0.15) is 0 Å². The van der Waals surface area contributed by atoms with Crippen LogP contribution in [0.25, 0.3) is 0 Å². The van der Waals surface area contributed by atoms with Crippen LogP contribution in [0.4, 0.5) is 5.82 Å². The quantitative estimate of drug-likeness (QED) is 0.833. The van der Waals surface area contributed by atoms with E-state index < -0.39 is 6.04 Å². The fourth-order valence-corrected chi connectivity index (χ4v) is 1.23. The number of rotatable bonds is 2. The Hall–Kier alpha value is -1.13. The number of anilines is 1. The maximum atomic E-state index is 11.8. The number of pyridine rings is 1. The Kier molecular flexibility index (Phi) is 3.88. The van der Waals surface area contributed by atoms with Crippen LogP contribution in [0.15, 0.2) is 18.3 Å². The van der Waals surface area contributed by atoms with Crippen molar-refractivity contribution in [3.63, 3.8) is 0 Å². The number of carbonyl (C=O) groups excluding carboxylic acids is 1. The van der Waals surface area contributed by atoms with Crippen LogP contribution < -0.4 is 11.1 Å². The number of carbonyl (C=O) groups is 1. The van der Waals surface area contributed by atoms with Gasteiger partial charge in [0.05, 0.1) is 11.1 Å². The third-order valence-corrected chi connectivity index (χ3v) is 2.52. The molecule has 0 bridgehead atoms. The molecular weight excluding hydrogens is 226 g/mol. The summed E-state index contributed by atoms with van der Waals surface area (Å²) in [6, 6.07) is 2.75. The molecular formula is C11H16ClN3O. The summed E-state index contributed by atoms with van der Waals surface area (Å²) in [5, 5.41) is 3.01. The van der Waals surface area contributed by atoms with Crippen molar-refractivity contribution >= 4 is 23.3 Å². The van der Waals surface area contributed by atoms with Gasteiger partial charge < -0.3 is 11.1 Å². The van der Waals surface area contributed by atoms with Crippen molar-refractivity contribution in [2.24, 2.45) is 11.1 Å². The molecule has 0 fully saturated rings. The van der Waals surface area contributed by atoms with Gasteiger partial charge in [0.15, 0.2) is 5.82 Å². The van der Waals surface area contributed by atoms with Crippen LogP contribution in [-0.2, 0) is 4.79 Å². The second kappa shape index (κ2) is 4.80. The Labute approximate surface area is 100 Å². The number of hydrogen-bond donors (Lipinski definition) is 2. The Balaban J connectivity index is 2.76. The van der Waals surface area contributed by atoms with E-state index in [0.717, 1.165) is 0 Å². The second-order valence-corrected chi connectivity index (χ2v) is 5.07. The molecule has 5 heteroatoms. The first kappa shape index (κ1) is 12.9. The Morgan fingerprint density at radius 2 is 2.19 bits per heavy atom. The van der Waals surface area contributed by atoms with E-state index >= 15 is 0 Å². The summed E-state index contributed by atoms with van der Waals surface area (Å²) >= 11 is 5.87. The highest BCUT2D eigenvalue weighted by Gasteiger charge is 2.27. The zero-order valence-electron chi connectivity index (χ0n) is 9.62. The largest absolute Gasteiger partial charge is 0.319 e. The number of nitrogens with two attached hydrogens (primary N) is 1. The van der Waals surface area contributed by atoms with Gasteiger partial charge in [-0.1, -0.05) is 32.4 Å². The van der Waals surface area contributed by atoms with Gasteiger partial charge >= 0.3 is 0 Å². The molecule has 0 aliphatic heterocycles. The van der Waals surface area contributed by atoms with Gasteiger partial charge in [-0.15, -0.1) is 0 Å². The summed E-state index contributed by atoms with van der Waals surface area (Å²) in [4.78, 5) is 15.7. The lowest BCUT2D eigenvalue weighted by atomic mass is 9.87. The number of nitrogens with one attached hydrogen (secondary N) is 1. The standard InChI is InChI=1S/C11H16ClN3O/c1-11(2,3)8(13)10(16)15-9-7(12)5-4-6-14-9/h4-6,8H,13H2,1-3H3,(H,14,15,16). The molecule has 3 N–H and O–H groups in total. The molecule has 0 spiro atoms. The fraction of sp³-hybridized carbons (Fsp3) is 0.455. The molecule has 1 rings (SSSR count). The highest BCUT2D eigenvalue weighted by Crippen LogP contribution is 2.21. The first-order chi connectivity index (χ1) is 7.32. The van der Waals surface area contributed by atoms with Crippen LogP contribution in [0.1, 0.15) is 20.8 Å².